The van der Waals surface area contributed by atoms with E-state index in [1.165, 1.54) is 25.7 Å². The second kappa shape index (κ2) is 5.17. The summed E-state index contributed by atoms with van der Waals surface area (Å²) in [6.07, 6.45) is 5.37. The number of morpholine rings is 1. The summed E-state index contributed by atoms with van der Waals surface area (Å²) in [5.74, 6) is 2.12. The SMILES string of the molecule is CN(CC1CNCCO1)C(=O)C1C2CCCCC21. The van der Waals surface area contributed by atoms with E-state index in [0.29, 0.717) is 23.7 Å². The number of ether oxygens (including phenoxy) is 1. The van der Waals surface area contributed by atoms with Crippen molar-refractivity contribution in [3.63, 3.8) is 0 Å². The zero-order chi connectivity index (χ0) is 12.5. The van der Waals surface area contributed by atoms with Gasteiger partial charge in [-0.1, -0.05) is 12.8 Å². The predicted octanol–water partition coefficient (Wildman–Crippen LogP) is 0.869. The molecule has 0 aromatic heterocycles. The number of carbonyl (C=O) groups is 1. The third-order valence-electron chi connectivity index (χ3n) is 4.80. The molecule has 18 heavy (non-hydrogen) atoms. The molecule has 0 aromatic carbocycles. The van der Waals surface area contributed by atoms with Crippen LogP contribution in [0.3, 0.4) is 0 Å². The second-order valence-electron chi connectivity index (χ2n) is 6.05. The Kier molecular flexibility index (Phi) is 3.57. The van der Waals surface area contributed by atoms with Crippen molar-refractivity contribution in [2.75, 3.05) is 33.3 Å². The van der Waals surface area contributed by atoms with E-state index in [4.69, 9.17) is 4.74 Å². The van der Waals surface area contributed by atoms with E-state index < -0.39 is 0 Å². The summed E-state index contributed by atoms with van der Waals surface area (Å²) < 4.78 is 5.66. The van der Waals surface area contributed by atoms with Gasteiger partial charge in [-0.3, -0.25) is 4.79 Å². The van der Waals surface area contributed by atoms with Crippen LogP contribution in [0.1, 0.15) is 25.7 Å². The first-order valence-electron chi connectivity index (χ1n) is 7.34. The number of fused-ring (bicyclic) bond motifs is 1. The number of nitrogens with zero attached hydrogens (tertiary/aromatic N) is 1. The third-order valence-corrected chi connectivity index (χ3v) is 4.80. The van der Waals surface area contributed by atoms with Crippen LogP contribution in [0.25, 0.3) is 0 Å². The second-order valence-corrected chi connectivity index (χ2v) is 6.05. The Morgan fingerprint density at radius 1 is 1.33 bits per heavy atom. The molecule has 3 unspecified atom stereocenters. The maximum atomic E-state index is 12.4. The lowest BCUT2D eigenvalue weighted by atomic mass is 10.0. The highest BCUT2D eigenvalue weighted by Crippen LogP contribution is 2.55. The molecule has 4 nitrogen and oxygen atoms in total. The molecule has 102 valence electrons. The van der Waals surface area contributed by atoms with E-state index in [1.807, 2.05) is 11.9 Å². The number of amides is 1. The Morgan fingerprint density at radius 2 is 2.06 bits per heavy atom. The predicted molar refractivity (Wildman–Crippen MR) is 69.2 cm³/mol. The van der Waals surface area contributed by atoms with Crippen LogP contribution in [0, 0.1) is 17.8 Å². The first kappa shape index (κ1) is 12.4. The molecule has 3 aliphatic rings. The van der Waals surface area contributed by atoms with Crippen LogP contribution in [0.5, 0.6) is 0 Å². The Hall–Kier alpha value is -0.610. The number of hydrogen-bond donors (Lipinski definition) is 1. The van der Waals surface area contributed by atoms with Gasteiger partial charge >= 0.3 is 0 Å². The smallest absolute Gasteiger partial charge is 0.226 e. The maximum absolute atomic E-state index is 12.4. The number of carbonyl (C=O) groups excluding carboxylic acids is 1. The van der Waals surface area contributed by atoms with Crippen molar-refractivity contribution in [2.24, 2.45) is 17.8 Å². The molecule has 3 fully saturated rings. The van der Waals surface area contributed by atoms with Crippen molar-refractivity contribution >= 4 is 5.91 Å². The van der Waals surface area contributed by atoms with Gasteiger partial charge in [0, 0.05) is 32.6 Å². The Balaban J connectivity index is 1.49. The van der Waals surface area contributed by atoms with E-state index >= 15 is 0 Å². The molecule has 2 aliphatic carbocycles. The summed E-state index contributed by atoms with van der Waals surface area (Å²) in [6, 6.07) is 0. The van der Waals surface area contributed by atoms with Gasteiger partial charge in [0.25, 0.3) is 0 Å². The van der Waals surface area contributed by atoms with Crippen molar-refractivity contribution in [3.05, 3.63) is 0 Å². The highest BCUT2D eigenvalue weighted by atomic mass is 16.5. The molecule has 1 heterocycles. The minimum atomic E-state index is 0.175. The molecule has 1 N–H and O–H groups in total. The molecule has 3 atom stereocenters. The highest BCUT2D eigenvalue weighted by Gasteiger charge is 2.55. The maximum Gasteiger partial charge on any atom is 0.226 e. The summed E-state index contributed by atoms with van der Waals surface area (Å²) in [5, 5.41) is 3.31. The monoisotopic (exact) mass is 252 g/mol. The summed E-state index contributed by atoms with van der Waals surface area (Å²) in [4.78, 5) is 14.3. The van der Waals surface area contributed by atoms with Crippen molar-refractivity contribution in [3.8, 4) is 0 Å². The lowest BCUT2D eigenvalue weighted by molar-refractivity contribution is -0.134. The molecular formula is C14H24N2O2. The van der Waals surface area contributed by atoms with Gasteiger partial charge in [-0.25, -0.2) is 0 Å². The topological polar surface area (TPSA) is 41.6 Å². The largest absolute Gasteiger partial charge is 0.374 e. The van der Waals surface area contributed by atoms with Gasteiger partial charge in [0.1, 0.15) is 0 Å². The standard InChI is InChI=1S/C14H24N2O2/c1-16(9-10-8-15-6-7-18-10)14(17)13-11-4-2-3-5-12(11)13/h10-13,15H,2-9H2,1H3. The van der Waals surface area contributed by atoms with Crippen LogP contribution >= 0.6 is 0 Å². The van der Waals surface area contributed by atoms with Crippen LogP contribution < -0.4 is 5.32 Å². The van der Waals surface area contributed by atoms with Gasteiger partial charge < -0.3 is 15.0 Å². The van der Waals surface area contributed by atoms with Gasteiger partial charge in [0.2, 0.25) is 5.91 Å². The molecule has 2 saturated carbocycles. The minimum Gasteiger partial charge on any atom is -0.374 e. The number of nitrogens with one attached hydrogen (secondary N) is 1. The first-order valence-corrected chi connectivity index (χ1v) is 7.34. The van der Waals surface area contributed by atoms with E-state index in [9.17, 15) is 4.79 Å². The summed E-state index contributed by atoms with van der Waals surface area (Å²) in [5.41, 5.74) is 0. The Bertz CT molecular complexity index is 303. The van der Waals surface area contributed by atoms with Crippen molar-refractivity contribution in [1.82, 2.24) is 10.2 Å². The molecule has 0 bridgehead atoms. The molecule has 3 rings (SSSR count). The van der Waals surface area contributed by atoms with E-state index in [2.05, 4.69) is 5.32 Å². The van der Waals surface area contributed by atoms with Gasteiger partial charge in [-0.2, -0.15) is 0 Å². The molecular weight excluding hydrogens is 228 g/mol. The van der Waals surface area contributed by atoms with Crippen molar-refractivity contribution < 1.29 is 9.53 Å². The fourth-order valence-corrected chi connectivity index (χ4v) is 3.75. The van der Waals surface area contributed by atoms with Gasteiger partial charge in [-0.05, 0) is 24.7 Å². The number of rotatable bonds is 3. The molecule has 0 spiro atoms. The fourth-order valence-electron chi connectivity index (χ4n) is 3.75. The molecule has 1 aliphatic heterocycles. The van der Waals surface area contributed by atoms with Crippen LogP contribution in [0.2, 0.25) is 0 Å². The average molecular weight is 252 g/mol. The highest BCUT2D eigenvalue weighted by molar-refractivity contribution is 5.82. The molecule has 0 aromatic rings. The number of likely N-dealkylation sites (N-methyl/N-ethyl adjacent to an activating group) is 1. The molecule has 4 heteroatoms. The van der Waals surface area contributed by atoms with Crippen LogP contribution in [-0.2, 0) is 9.53 Å². The molecule has 1 amide bonds. The average Bonchev–Trinajstić information content (AvgIpc) is 3.13. The Morgan fingerprint density at radius 3 is 2.67 bits per heavy atom. The zero-order valence-corrected chi connectivity index (χ0v) is 11.2. The summed E-state index contributed by atoms with van der Waals surface area (Å²) in [7, 11) is 1.94. The summed E-state index contributed by atoms with van der Waals surface area (Å²) >= 11 is 0. The summed E-state index contributed by atoms with van der Waals surface area (Å²) in [6.45, 7) is 3.30. The molecule has 0 radical (unpaired) electrons. The third kappa shape index (κ3) is 2.41. The van der Waals surface area contributed by atoms with Crippen LogP contribution in [0.4, 0.5) is 0 Å². The quantitative estimate of drug-likeness (QED) is 0.810. The van der Waals surface area contributed by atoms with Crippen molar-refractivity contribution in [1.29, 1.82) is 0 Å². The number of hydrogen-bond acceptors (Lipinski definition) is 3. The molecule has 1 saturated heterocycles. The van der Waals surface area contributed by atoms with E-state index in [0.717, 1.165) is 26.2 Å². The normalized spacial score (nSPS) is 38.9. The van der Waals surface area contributed by atoms with E-state index in [-0.39, 0.29) is 6.10 Å². The zero-order valence-electron chi connectivity index (χ0n) is 11.2. The minimum absolute atomic E-state index is 0.175. The van der Waals surface area contributed by atoms with Crippen molar-refractivity contribution in [2.45, 2.75) is 31.8 Å². The fraction of sp³-hybridized carbons (Fsp3) is 0.929. The van der Waals surface area contributed by atoms with E-state index in [1.54, 1.807) is 0 Å². The van der Waals surface area contributed by atoms with Gasteiger partial charge in [0.15, 0.2) is 0 Å². The van der Waals surface area contributed by atoms with Crippen LogP contribution in [0.15, 0.2) is 0 Å². The van der Waals surface area contributed by atoms with Gasteiger partial charge in [0.05, 0.1) is 12.7 Å². The lowest BCUT2D eigenvalue weighted by Gasteiger charge is -2.28. The van der Waals surface area contributed by atoms with Crippen LogP contribution in [-0.4, -0.2) is 50.2 Å². The Labute approximate surface area is 109 Å². The first-order chi connectivity index (χ1) is 8.77. The lowest BCUT2D eigenvalue weighted by Crippen LogP contribution is -2.46. The van der Waals surface area contributed by atoms with Gasteiger partial charge in [-0.15, -0.1) is 0 Å².